The molecule has 1 N–H and O–H groups in total. The summed E-state index contributed by atoms with van der Waals surface area (Å²) < 4.78 is 33.0. The number of amides is 1. The standard InChI is InChI=1S/C24H21N3O7S/c1-16(23(28)25-19-8-5-9-20(15-19)27(30)31)34-24(29)18-7-4-10-21(14-18)35(32,33)26-13-12-17-6-2-3-11-22(17)26/h2-11,14-16H,12-13H2,1H3,(H,25,28)/t16-/m0/s1. The Labute approximate surface area is 201 Å². The number of ether oxygens (including phenoxy) is 1. The molecule has 3 aromatic carbocycles. The summed E-state index contributed by atoms with van der Waals surface area (Å²) in [5, 5.41) is 13.3. The highest BCUT2D eigenvalue weighted by Gasteiger charge is 2.31. The number of nitrogens with one attached hydrogen (secondary N) is 1. The summed E-state index contributed by atoms with van der Waals surface area (Å²) in [6, 6.07) is 18.0. The fraction of sp³-hybridized carbons (Fsp3) is 0.167. The minimum atomic E-state index is -3.91. The second kappa shape index (κ2) is 9.55. The average Bonchev–Trinajstić information content (AvgIpc) is 3.29. The fourth-order valence-corrected chi connectivity index (χ4v) is 5.24. The summed E-state index contributed by atoms with van der Waals surface area (Å²) in [6.45, 7) is 1.64. The third-order valence-corrected chi connectivity index (χ3v) is 7.29. The number of rotatable bonds is 7. The molecule has 1 aliphatic rings. The largest absolute Gasteiger partial charge is 0.449 e. The van der Waals surface area contributed by atoms with Crippen LogP contribution in [-0.4, -0.2) is 37.9 Å². The zero-order valence-electron chi connectivity index (χ0n) is 18.6. The van der Waals surface area contributed by atoms with Crippen molar-refractivity contribution in [2.75, 3.05) is 16.2 Å². The lowest BCUT2D eigenvalue weighted by Gasteiger charge is -2.20. The van der Waals surface area contributed by atoms with Crippen molar-refractivity contribution in [3.8, 4) is 0 Å². The van der Waals surface area contributed by atoms with E-state index < -0.39 is 32.9 Å². The van der Waals surface area contributed by atoms with Crippen LogP contribution in [0.1, 0.15) is 22.8 Å². The predicted octanol–water partition coefficient (Wildman–Crippen LogP) is 3.53. The molecule has 0 unspecified atom stereocenters. The molecule has 3 aromatic rings. The molecule has 180 valence electrons. The van der Waals surface area contributed by atoms with Gasteiger partial charge in [-0.3, -0.25) is 19.2 Å². The van der Waals surface area contributed by atoms with Crippen LogP contribution in [0.5, 0.6) is 0 Å². The number of hydrogen-bond donors (Lipinski definition) is 1. The Morgan fingerprint density at radius 1 is 1.06 bits per heavy atom. The van der Waals surface area contributed by atoms with Crippen LogP contribution in [-0.2, 0) is 26.0 Å². The number of non-ortho nitro benzene ring substituents is 1. The van der Waals surface area contributed by atoms with Crippen molar-refractivity contribution in [2.24, 2.45) is 0 Å². The van der Waals surface area contributed by atoms with E-state index >= 15 is 0 Å². The molecule has 0 bridgehead atoms. The van der Waals surface area contributed by atoms with Gasteiger partial charge in [0.15, 0.2) is 6.10 Å². The van der Waals surface area contributed by atoms with Gasteiger partial charge in [0, 0.05) is 24.4 Å². The highest BCUT2D eigenvalue weighted by molar-refractivity contribution is 7.92. The molecule has 1 amide bonds. The molecule has 4 rings (SSSR count). The van der Waals surface area contributed by atoms with E-state index in [4.69, 9.17) is 4.74 Å². The molecule has 1 heterocycles. The van der Waals surface area contributed by atoms with Gasteiger partial charge in [-0.1, -0.05) is 30.3 Å². The second-order valence-corrected chi connectivity index (χ2v) is 9.69. The van der Waals surface area contributed by atoms with E-state index in [9.17, 15) is 28.1 Å². The van der Waals surface area contributed by atoms with Gasteiger partial charge in [-0.25, -0.2) is 13.2 Å². The van der Waals surface area contributed by atoms with Crippen LogP contribution in [0.3, 0.4) is 0 Å². The maximum atomic E-state index is 13.2. The van der Waals surface area contributed by atoms with Crippen molar-refractivity contribution < 1.29 is 27.7 Å². The smallest absolute Gasteiger partial charge is 0.338 e. The highest BCUT2D eigenvalue weighted by atomic mass is 32.2. The first-order chi connectivity index (χ1) is 16.7. The first-order valence-electron chi connectivity index (χ1n) is 10.6. The molecule has 0 saturated carbocycles. The molecule has 0 radical (unpaired) electrons. The van der Waals surface area contributed by atoms with Gasteiger partial charge in [0.1, 0.15) is 0 Å². The lowest BCUT2D eigenvalue weighted by atomic mass is 10.2. The molecule has 1 atom stereocenters. The Hall–Kier alpha value is -4.25. The number of nitrogens with zero attached hydrogens (tertiary/aromatic N) is 2. The van der Waals surface area contributed by atoms with Gasteiger partial charge in [-0.2, -0.15) is 0 Å². The number of anilines is 2. The highest BCUT2D eigenvalue weighted by Crippen LogP contribution is 2.32. The predicted molar refractivity (Wildman–Crippen MR) is 128 cm³/mol. The summed E-state index contributed by atoms with van der Waals surface area (Å²) in [6.07, 6.45) is -0.651. The van der Waals surface area contributed by atoms with Crippen LogP contribution in [0.25, 0.3) is 0 Å². The van der Waals surface area contributed by atoms with Crippen molar-refractivity contribution >= 4 is 39.0 Å². The monoisotopic (exact) mass is 495 g/mol. The van der Waals surface area contributed by atoms with Gasteiger partial charge in [0.25, 0.3) is 21.6 Å². The third-order valence-electron chi connectivity index (χ3n) is 5.48. The van der Waals surface area contributed by atoms with Gasteiger partial charge >= 0.3 is 5.97 Å². The molecule has 0 aromatic heterocycles. The van der Waals surface area contributed by atoms with E-state index in [1.54, 1.807) is 12.1 Å². The fourth-order valence-electron chi connectivity index (χ4n) is 3.69. The van der Waals surface area contributed by atoms with Gasteiger partial charge in [0.05, 0.1) is 21.1 Å². The SMILES string of the molecule is C[C@H](OC(=O)c1cccc(S(=O)(=O)N2CCc3ccccc32)c1)C(=O)Nc1cccc([N+](=O)[O-])c1. The van der Waals surface area contributed by atoms with Crippen molar-refractivity contribution in [3.05, 3.63) is 94.0 Å². The zero-order chi connectivity index (χ0) is 25.2. The Morgan fingerprint density at radius 3 is 2.57 bits per heavy atom. The maximum Gasteiger partial charge on any atom is 0.338 e. The maximum absolute atomic E-state index is 13.2. The van der Waals surface area contributed by atoms with E-state index in [1.165, 1.54) is 59.8 Å². The van der Waals surface area contributed by atoms with Gasteiger partial charge in [-0.15, -0.1) is 0 Å². The van der Waals surface area contributed by atoms with Crippen LogP contribution in [0.15, 0.2) is 77.7 Å². The van der Waals surface area contributed by atoms with E-state index in [0.717, 1.165) is 5.56 Å². The quantitative estimate of drug-likeness (QED) is 0.301. The molecule has 0 saturated heterocycles. The van der Waals surface area contributed by atoms with Gasteiger partial charge < -0.3 is 10.1 Å². The topological polar surface area (TPSA) is 136 Å². The molecule has 0 spiro atoms. The third kappa shape index (κ3) is 4.99. The second-order valence-electron chi connectivity index (χ2n) is 7.83. The van der Waals surface area contributed by atoms with Crippen LogP contribution >= 0.6 is 0 Å². The van der Waals surface area contributed by atoms with Crippen LogP contribution in [0, 0.1) is 10.1 Å². The average molecular weight is 496 g/mol. The molecular weight excluding hydrogens is 474 g/mol. The van der Waals surface area contributed by atoms with Crippen molar-refractivity contribution in [2.45, 2.75) is 24.3 Å². The van der Waals surface area contributed by atoms with Crippen LogP contribution < -0.4 is 9.62 Å². The Kier molecular flexibility index (Phi) is 6.52. The number of para-hydroxylation sites is 1. The Bertz CT molecular complexity index is 1420. The number of carbonyl (C=O) groups is 2. The first-order valence-corrected chi connectivity index (χ1v) is 12.1. The summed E-state index contributed by atoms with van der Waals surface area (Å²) >= 11 is 0. The lowest BCUT2D eigenvalue weighted by molar-refractivity contribution is -0.384. The number of benzene rings is 3. The number of hydrogen-bond acceptors (Lipinski definition) is 7. The van der Waals surface area contributed by atoms with E-state index in [0.29, 0.717) is 18.7 Å². The van der Waals surface area contributed by atoms with Crippen LogP contribution in [0.4, 0.5) is 17.1 Å². The van der Waals surface area contributed by atoms with Crippen LogP contribution in [0.2, 0.25) is 0 Å². The van der Waals surface area contributed by atoms with Crippen molar-refractivity contribution in [1.82, 2.24) is 0 Å². The lowest BCUT2D eigenvalue weighted by Crippen LogP contribution is -2.30. The molecule has 0 fully saturated rings. The number of nitro benzene ring substituents is 1. The normalized spacial score (nSPS) is 13.6. The molecular formula is C24H21N3O7S. The van der Waals surface area contributed by atoms with Crippen molar-refractivity contribution in [3.63, 3.8) is 0 Å². The Morgan fingerprint density at radius 2 is 1.80 bits per heavy atom. The summed E-state index contributed by atoms with van der Waals surface area (Å²) in [5.41, 5.74) is 1.47. The first kappa shape index (κ1) is 23.9. The number of fused-ring (bicyclic) bond motifs is 1. The zero-order valence-corrected chi connectivity index (χ0v) is 19.4. The Balaban J connectivity index is 1.47. The van der Waals surface area contributed by atoms with Crippen molar-refractivity contribution in [1.29, 1.82) is 0 Å². The van der Waals surface area contributed by atoms with Gasteiger partial charge in [-0.05, 0) is 49.2 Å². The minimum absolute atomic E-state index is 0.0337. The number of nitro groups is 1. The molecule has 1 aliphatic heterocycles. The molecule has 35 heavy (non-hydrogen) atoms. The molecule has 10 nitrogen and oxygen atoms in total. The summed E-state index contributed by atoms with van der Waals surface area (Å²) in [7, 11) is -3.91. The van der Waals surface area contributed by atoms with E-state index in [2.05, 4.69) is 5.32 Å². The molecule has 0 aliphatic carbocycles. The summed E-state index contributed by atoms with van der Waals surface area (Å²) in [4.78, 5) is 35.3. The summed E-state index contributed by atoms with van der Waals surface area (Å²) in [5.74, 6) is -1.58. The minimum Gasteiger partial charge on any atom is -0.449 e. The number of sulfonamides is 1. The van der Waals surface area contributed by atoms with E-state index in [1.807, 2.05) is 12.1 Å². The van der Waals surface area contributed by atoms with Gasteiger partial charge in [0.2, 0.25) is 0 Å². The number of carbonyl (C=O) groups excluding carboxylic acids is 2. The molecule has 11 heteroatoms. The van der Waals surface area contributed by atoms with E-state index in [-0.39, 0.29) is 21.8 Å². The number of esters is 1.